The van der Waals surface area contributed by atoms with Gasteiger partial charge in [0.1, 0.15) is 0 Å². The van der Waals surface area contributed by atoms with Crippen molar-refractivity contribution in [2.75, 3.05) is 6.54 Å². The minimum Gasteiger partial charge on any atom is -0.355 e. The molecule has 0 unspecified atom stereocenters. The van der Waals surface area contributed by atoms with Gasteiger partial charge >= 0.3 is 0 Å². The molecule has 1 saturated carbocycles. The van der Waals surface area contributed by atoms with Crippen molar-refractivity contribution >= 4 is 17.5 Å². The molecule has 0 heterocycles. The molecule has 1 N–H and O–H groups in total. The molecule has 2 aromatic rings. The summed E-state index contributed by atoms with van der Waals surface area (Å²) in [6.07, 6.45) is 2.69. The van der Waals surface area contributed by atoms with Gasteiger partial charge in [-0.3, -0.25) is 4.79 Å². The highest BCUT2D eigenvalue weighted by atomic mass is 35.5. The smallest absolute Gasteiger partial charge is 0.230 e. The molecule has 0 atom stereocenters. The minimum absolute atomic E-state index is 0.149. The summed E-state index contributed by atoms with van der Waals surface area (Å²) in [6, 6.07) is 17.8. The number of benzene rings is 2. The highest BCUT2D eigenvalue weighted by Crippen LogP contribution is 2.48. The average molecular weight is 300 g/mol. The van der Waals surface area contributed by atoms with Crippen LogP contribution in [0.15, 0.2) is 54.6 Å². The van der Waals surface area contributed by atoms with Crippen molar-refractivity contribution in [3.8, 4) is 0 Å². The molecule has 0 saturated heterocycles. The fraction of sp³-hybridized carbons (Fsp3) is 0.278. The Labute approximate surface area is 130 Å². The number of halogens is 1. The van der Waals surface area contributed by atoms with Crippen molar-refractivity contribution in [2.24, 2.45) is 0 Å². The standard InChI is InChI=1S/C18H18ClNO/c19-16-8-4-5-14(13-16)9-12-20-17(21)18(10-11-18)15-6-2-1-3-7-15/h1-8,13H,9-12H2,(H,20,21). The number of nitrogens with one attached hydrogen (secondary N) is 1. The second-order valence-electron chi connectivity index (χ2n) is 5.58. The van der Waals surface area contributed by atoms with E-state index in [1.807, 2.05) is 54.6 Å². The highest BCUT2D eigenvalue weighted by molar-refractivity contribution is 6.30. The molecule has 0 radical (unpaired) electrons. The van der Waals surface area contributed by atoms with Crippen LogP contribution < -0.4 is 5.32 Å². The molecule has 1 amide bonds. The molecular weight excluding hydrogens is 282 g/mol. The van der Waals surface area contributed by atoms with Gasteiger partial charge in [0, 0.05) is 11.6 Å². The molecule has 3 rings (SSSR count). The quantitative estimate of drug-likeness (QED) is 0.895. The molecule has 2 aromatic carbocycles. The number of carbonyl (C=O) groups excluding carboxylic acids is 1. The molecule has 108 valence electrons. The molecule has 0 aromatic heterocycles. The highest BCUT2D eigenvalue weighted by Gasteiger charge is 2.50. The molecule has 0 bridgehead atoms. The Morgan fingerprint density at radius 2 is 1.86 bits per heavy atom. The van der Waals surface area contributed by atoms with Crippen LogP contribution in [-0.4, -0.2) is 12.5 Å². The topological polar surface area (TPSA) is 29.1 Å². The molecule has 1 aliphatic rings. The molecule has 0 aliphatic heterocycles. The Morgan fingerprint density at radius 3 is 2.52 bits per heavy atom. The second-order valence-corrected chi connectivity index (χ2v) is 6.02. The Hall–Kier alpha value is -1.80. The summed E-state index contributed by atoms with van der Waals surface area (Å²) in [6.45, 7) is 0.647. The summed E-state index contributed by atoms with van der Waals surface area (Å²) in [4.78, 5) is 12.4. The van der Waals surface area contributed by atoms with E-state index in [-0.39, 0.29) is 11.3 Å². The van der Waals surface area contributed by atoms with E-state index < -0.39 is 0 Å². The van der Waals surface area contributed by atoms with Crippen molar-refractivity contribution < 1.29 is 4.79 Å². The number of amides is 1. The van der Waals surface area contributed by atoms with E-state index in [2.05, 4.69) is 5.32 Å². The normalized spacial score (nSPS) is 15.5. The zero-order valence-corrected chi connectivity index (χ0v) is 12.6. The summed E-state index contributed by atoms with van der Waals surface area (Å²) in [5.74, 6) is 0.149. The molecule has 2 nitrogen and oxygen atoms in total. The predicted molar refractivity (Wildman–Crippen MR) is 85.5 cm³/mol. The maximum absolute atomic E-state index is 12.4. The summed E-state index contributed by atoms with van der Waals surface area (Å²) in [5, 5.41) is 3.81. The zero-order chi connectivity index (χ0) is 14.7. The first-order valence-corrected chi connectivity index (χ1v) is 7.67. The van der Waals surface area contributed by atoms with Gasteiger partial charge in [0.15, 0.2) is 0 Å². The van der Waals surface area contributed by atoms with Crippen LogP contribution in [0.4, 0.5) is 0 Å². The lowest BCUT2D eigenvalue weighted by atomic mass is 9.95. The van der Waals surface area contributed by atoms with E-state index in [9.17, 15) is 4.79 Å². The molecular formula is C18H18ClNO. The van der Waals surface area contributed by atoms with Gasteiger partial charge in [-0.1, -0.05) is 54.1 Å². The van der Waals surface area contributed by atoms with E-state index >= 15 is 0 Å². The van der Waals surface area contributed by atoms with Crippen LogP contribution >= 0.6 is 11.6 Å². The van der Waals surface area contributed by atoms with Crippen LogP contribution in [0.5, 0.6) is 0 Å². The van der Waals surface area contributed by atoms with Crippen molar-refractivity contribution in [1.82, 2.24) is 5.32 Å². The third-order valence-electron chi connectivity index (χ3n) is 4.10. The molecule has 3 heteroatoms. The van der Waals surface area contributed by atoms with Gasteiger partial charge in [-0.2, -0.15) is 0 Å². The number of hydrogen-bond donors (Lipinski definition) is 1. The van der Waals surface area contributed by atoms with Crippen molar-refractivity contribution in [3.05, 3.63) is 70.7 Å². The Balaban J connectivity index is 1.58. The van der Waals surface area contributed by atoms with Crippen LogP contribution in [-0.2, 0) is 16.6 Å². The third kappa shape index (κ3) is 3.11. The van der Waals surface area contributed by atoms with Crippen molar-refractivity contribution in [2.45, 2.75) is 24.7 Å². The van der Waals surface area contributed by atoms with Crippen LogP contribution in [0.3, 0.4) is 0 Å². The molecule has 1 aliphatic carbocycles. The molecule has 21 heavy (non-hydrogen) atoms. The third-order valence-corrected chi connectivity index (χ3v) is 4.33. The zero-order valence-electron chi connectivity index (χ0n) is 11.8. The minimum atomic E-state index is -0.282. The molecule has 1 fully saturated rings. The lowest BCUT2D eigenvalue weighted by Crippen LogP contribution is -2.35. The van der Waals surface area contributed by atoms with Gasteiger partial charge in [0.2, 0.25) is 5.91 Å². The maximum Gasteiger partial charge on any atom is 0.230 e. The van der Waals surface area contributed by atoms with E-state index in [0.717, 1.165) is 35.4 Å². The SMILES string of the molecule is O=C(NCCc1cccc(Cl)c1)C1(c2ccccc2)CC1. The summed E-state index contributed by atoms with van der Waals surface area (Å²) in [5.41, 5.74) is 1.99. The Bertz CT molecular complexity index is 635. The average Bonchev–Trinajstić information content (AvgIpc) is 3.30. The lowest BCUT2D eigenvalue weighted by molar-refractivity contribution is -0.123. The second kappa shape index (κ2) is 5.90. The van der Waals surface area contributed by atoms with Crippen LogP contribution in [0.1, 0.15) is 24.0 Å². The monoisotopic (exact) mass is 299 g/mol. The van der Waals surface area contributed by atoms with Gasteiger partial charge in [0.05, 0.1) is 5.41 Å². The first kappa shape index (κ1) is 14.2. The van der Waals surface area contributed by atoms with E-state index in [1.54, 1.807) is 0 Å². The van der Waals surface area contributed by atoms with Crippen molar-refractivity contribution in [3.63, 3.8) is 0 Å². The largest absolute Gasteiger partial charge is 0.355 e. The fourth-order valence-corrected chi connectivity index (χ4v) is 2.92. The predicted octanol–water partition coefficient (Wildman–Crippen LogP) is 3.73. The Morgan fingerprint density at radius 1 is 1.10 bits per heavy atom. The lowest BCUT2D eigenvalue weighted by Gasteiger charge is -2.15. The number of hydrogen-bond acceptors (Lipinski definition) is 1. The van der Waals surface area contributed by atoms with Gasteiger partial charge in [-0.15, -0.1) is 0 Å². The maximum atomic E-state index is 12.4. The van der Waals surface area contributed by atoms with E-state index in [0.29, 0.717) is 6.54 Å². The van der Waals surface area contributed by atoms with E-state index in [4.69, 9.17) is 11.6 Å². The van der Waals surface area contributed by atoms with Gasteiger partial charge in [-0.25, -0.2) is 0 Å². The van der Waals surface area contributed by atoms with Gasteiger partial charge in [-0.05, 0) is 42.5 Å². The van der Waals surface area contributed by atoms with E-state index in [1.165, 1.54) is 0 Å². The summed E-state index contributed by atoms with van der Waals surface area (Å²) >= 11 is 5.96. The van der Waals surface area contributed by atoms with Crippen LogP contribution in [0.25, 0.3) is 0 Å². The van der Waals surface area contributed by atoms with Crippen molar-refractivity contribution in [1.29, 1.82) is 0 Å². The number of rotatable bonds is 5. The van der Waals surface area contributed by atoms with Gasteiger partial charge < -0.3 is 5.32 Å². The summed E-state index contributed by atoms with van der Waals surface area (Å²) < 4.78 is 0. The first-order chi connectivity index (χ1) is 10.2. The fourth-order valence-electron chi connectivity index (χ4n) is 2.71. The first-order valence-electron chi connectivity index (χ1n) is 7.29. The van der Waals surface area contributed by atoms with Crippen LogP contribution in [0.2, 0.25) is 5.02 Å². The number of carbonyl (C=O) groups is 1. The summed E-state index contributed by atoms with van der Waals surface area (Å²) in [7, 11) is 0. The van der Waals surface area contributed by atoms with Crippen LogP contribution in [0, 0.1) is 0 Å². The Kier molecular flexibility index (Phi) is 3.98. The molecule has 0 spiro atoms. The van der Waals surface area contributed by atoms with Gasteiger partial charge in [0.25, 0.3) is 0 Å².